The number of hydrogen-bond acceptors (Lipinski definition) is 4. The van der Waals surface area contributed by atoms with Crippen LogP contribution in [-0.4, -0.2) is 16.9 Å². The number of nitrogens with zero attached hydrogens (tertiary/aromatic N) is 1. The summed E-state index contributed by atoms with van der Waals surface area (Å²) >= 11 is 0. The van der Waals surface area contributed by atoms with Crippen molar-refractivity contribution in [2.24, 2.45) is 5.16 Å². The Morgan fingerprint density at radius 3 is 2.05 bits per heavy atom. The van der Waals surface area contributed by atoms with Crippen LogP contribution in [0.15, 0.2) is 65.8 Å². The minimum absolute atomic E-state index is 0.00729. The fourth-order valence-corrected chi connectivity index (χ4v) is 1.74. The van der Waals surface area contributed by atoms with Gasteiger partial charge in [-0.25, -0.2) is 4.79 Å². The molecule has 0 unspecified atom stereocenters. The van der Waals surface area contributed by atoms with E-state index in [-0.39, 0.29) is 18.7 Å². The molecular formula is C16H15NO3. The first-order valence-electron chi connectivity index (χ1n) is 6.25. The van der Waals surface area contributed by atoms with Gasteiger partial charge in [-0.15, -0.1) is 0 Å². The fraction of sp³-hybridized carbons (Fsp3) is 0.125. The van der Waals surface area contributed by atoms with Gasteiger partial charge in [0.15, 0.2) is 5.71 Å². The van der Waals surface area contributed by atoms with E-state index < -0.39 is 5.97 Å². The highest BCUT2D eigenvalue weighted by atomic mass is 16.5. The highest BCUT2D eigenvalue weighted by Crippen LogP contribution is 2.05. The first-order valence-corrected chi connectivity index (χ1v) is 6.25. The van der Waals surface area contributed by atoms with Crippen LogP contribution in [0.5, 0.6) is 0 Å². The second-order valence-corrected chi connectivity index (χ2v) is 4.27. The molecule has 2 rings (SSSR count). The van der Waals surface area contributed by atoms with E-state index in [9.17, 15) is 4.79 Å². The third-order valence-electron chi connectivity index (χ3n) is 2.78. The Morgan fingerprint density at radius 1 is 0.950 bits per heavy atom. The summed E-state index contributed by atoms with van der Waals surface area (Å²) in [5.41, 5.74) is 1.77. The lowest BCUT2D eigenvalue weighted by Crippen LogP contribution is -2.20. The van der Waals surface area contributed by atoms with Crippen LogP contribution in [0, 0.1) is 0 Å². The van der Waals surface area contributed by atoms with E-state index in [1.807, 2.05) is 60.7 Å². The highest BCUT2D eigenvalue weighted by molar-refractivity contribution is 6.36. The molecule has 0 aliphatic rings. The molecule has 0 radical (unpaired) electrons. The van der Waals surface area contributed by atoms with Crippen LogP contribution >= 0.6 is 0 Å². The Balaban J connectivity index is 1.93. The normalized spacial score (nSPS) is 11.1. The number of oxime groups is 1. The molecule has 0 heterocycles. The van der Waals surface area contributed by atoms with Gasteiger partial charge >= 0.3 is 5.97 Å². The molecule has 1 N–H and O–H groups in total. The summed E-state index contributed by atoms with van der Waals surface area (Å²) in [6.07, 6.45) is 0.241. The van der Waals surface area contributed by atoms with E-state index >= 15 is 0 Å². The molecule has 0 aliphatic heterocycles. The van der Waals surface area contributed by atoms with E-state index in [2.05, 4.69) is 5.16 Å². The Bertz CT molecular complexity index is 579. The summed E-state index contributed by atoms with van der Waals surface area (Å²) in [6.45, 7) is 0.160. The van der Waals surface area contributed by atoms with E-state index in [1.165, 1.54) is 0 Å². The Hall–Kier alpha value is -2.62. The largest absolute Gasteiger partial charge is 0.456 e. The number of ether oxygens (including phenoxy) is 1. The predicted octanol–water partition coefficient (Wildman–Crippen LogP) is 2.80. The molecule has 0 atom stereocenters. The minimum atomic E-state index is -0.611. The molecule has 20 heavy (non-hydrogen) atoms. The van der Waals surface area contributed by atoms with Gasteiger partial charge in [0, 0.05) is 6.42 Å². The van der Waals surface area contributed by atoms with Crippen molar-refractivity contribution in [1.29, 1.82) is 0 Å². The Kier molecular flexibility index (Phi) is 4.89. The minimum Gasteiger partial charge on any atom is -0.456 e. The molecule has 0 bridgehead atoms. The standard InChI is InChI=1S/C16H15NO3/c18-16(20-12-14-9-5-2-6-10-14)15(17-19)11-13-7-3-1-4-8-13/h1-10,19H,11-12H2/b17-15-. The van der Waals surface area contributed by atoms with Gasteiger partial charge in [0.2, 0.25) is 0 Å². The second-order valence-electron chi connectivity index (χ2n) is 4.27. The van der Waals surface area contributed by atoms with Crippen molar-refractivity contribution < 1.29 is 14.7 Å². The zero-order valence-corrected chi connectivity index (χ0v) is 10.9. The molecule has 0 amide bonds. The van der Waals surface area contributed by atoms with Gasteiger partial charge in [-0.1, -0.05) is 65.8 Å². The maximum atomic E-state index is 11.8. The first kappa shape index (κ1) is 13.8. The number of carbonyl (C=O) groups excluding carboxylic acids is 1. The van der Waals surface area contributed by atoms with Crippen LogP contribution in [0.4, 0.5) is 0 Å². The fourth-order valence-electron chi connectivity index (χ4n) is 1.74. The number of hydrogen-bond donors (Lipinski definition) is 1. The third kappa shape index (κ3) is 3.95. The number of rotatable bonds is 5. The average Bonchev–Trinajstić information content (AvgIpc) is 2.52. The molecule has 0 saturated heterocycles. The van der Waals surface area contributed by atoms with Crippen molar-refractivity contribution in [3.63, 3.8) is 0 Å². The molecule has 102 valence electrons. The van der Waals surface area contributed by atoms with Crippen molar-refractivity contribution in [2.45, 2.75) is 13.0 Å². The lowest BCUT2D eigenvalue weighted by molar-refractivity contribution is -0.137. The van der Waals surface area contributed by atoms with Crippen LogP contribution in [0.3, 0.4) is 0 Å². The third-order valence-corrected chi connectivity index (χ3v) is 2.78. The monoisotopic (exact) mass is 269 g/mol. The summed E-state index contributed by atoms with van der Waals surface area (Å²) in [5, 5.41) is 12.0. The zero-order valence-electron chi connectivity index (χ0n) is 10.9. The highest BCUT2D eigenvalue weighted by Gasteiger charge is 2.14. The van der Waals surface area contributed by atoms with Crippen molar-refractivity contribution in [3.05, 3.63) is 71.8 Å². The van der Waals surface area contributed by atoms with Crippen LogP contribution in [-0.2, 0) is 22.6 Å². The van der Waals surface area contributed by atoms with Crippen LogP contribution < -0.4 is 0 Å². The smallest absolute Gasteiger partial charge is 0.356 e. The van der Waals surface area contributed by atoms with Crippen molar-refractivity contribution in [1.82, 2.24) is 0 Å². The Morgan fingerprint density at radius 2 is 1.50 bits per heavy atom. The first-order chi connectivity index (χ1) is 9.79. The molecule has 4 nitrogen and oxygen atoms in total. The lowest BCUT2D eigenvalue weighted by atomic mass is 10.1. The molecular weight excluding hydrogens is 254 g/mol. The summed E-state index contributed by atoms with van der Waals surface area (Å²) in [7, 11) is 0. The molecule has 0 saturated carbocycles. The average molecular weight is 269 g/mol. The van der Waals surface area contributed by atoms with E-state index in [0.717, 1.165) is 11.1 Å². The number of carbonyl (C=O) groups is 1. The molecule has 4 heteroatoms. The summed E-state index contributed by atoms with van der Waals surface area (Å²) < 4.78 is 5.12. The van der Waals surface area contributed by atoms with Gasteiger partial charge in [-0.3, -0.25) is 0 Å². The molecule has 0 fully saturated rings. The van der Waals surface area contributed by atoms with E-state index in [1.54, 1.807) is 0 Å². The van der Waals surface area contributed by atoms with Crippen molar-refractivity contribution in [3.8, 4) is 0 Å². The van der Waals surface area contributed by atoms with Gasteiger partial charge in [0.25, 0.3) is 0 Å². The second kappa shape index (κ2) is 7.09. The molecule has 0 aromatic heterocycles. The Labute approximate surface area is 117 Å². The van der Waals surface area contributed by atoms with Crippen molar-refractivity contribution in [2.75, 3.05) is 0 Å². The quantitative estimate of drug-likeness (QED) is 0.393. The molecule has 0 spiro atoms. The van der Waals surface area contributed by atoms with Crippen LogP contribution in [0.2, 0.25) is 0 Å². The molecule has 2 aromatic carbocycles. The van der Waals surface area contributed by atoms with Gasteiger partial charge in [0.1, 0.15) is 6.61 Å². The molecule has 0 aliphatic carbocycles. The van der Waals surface area contributed by atoms with Gasteiger partial charge in [-0.2, -0.15) is 0 Å². The van der Waals surface area contributed by atoms with Gasteiger partial charge in [0.05, 0.1) is 0 Å². The van der Waals surface area contributed by atoms with Crippen LogP contribution in [0.25, 0.3) is 0 Å². The maximum absolute atomic E-state index is 11.8. The number of benzene rings is 2. The predicted molar refractivity (Wildman–Crippen MR) is 75.6 cm³/mol. The maximum Gasteiger partial charge on any atom is 0.356 e. The van der Waals surface area contributed by atoms with Crippen LogP contribution in [0.1, 0.15) is 11.1 Å². The van der Waals surface area contributed by atoms with Gasteiger partial charge < -0.3 is 9.94 Å². The summed E-state index contributed by atoms with van der Waals surface area (Å²) in [4.78, 5) is 11.8. The summed E-state index contributed by atoms with van der Waals surface area (Å²) in [5.74, 6) is -0.611. The van der Waals surface area contributed by atoms with E-state index in [4.69, 9.17) is 9.94 Å². The summed E-state index contributed by atoms with van der Waals surface area (Å²) in [6, 6.07) is 18.7. The zero-order chi connectivity index (χ0) is 14.2. The molecule has 2 aromatic rings. The van der Waals surface area contributed by atoms with Crippen molar-refractivity contribution >= 4 is 11.7 Å². The SMILES string of the molecule is O=C(OCc1ccccc1)/C(Cc1ccccc1)=N\O. The van der Waals surface area contributed by atoms with Gasteiger partial charge in [-0.05, 0) is 11.1 Å². The van der Waals surface area contributed by atoms with E-state index in [0.29, 0.717) is 0 Å². The lowest BCUT2D eigenvalue weighted by Gasteiger charge is -2.06. The topological polar surface area (TPSA) is 58.9 Å². The number of esters is 1.